The summed E-state index contributed by atoms with van der Waals surface area (Å²) < 4.78 is 0. The molecule has 5 aromatic rings. The van der Waals surface area contributed by atoms with Gasteiger partial charge >= 0.3 is 0 Å². The fourth-order valence-electron chi connectivity index (χ4n) is 4.12. The molecule has 0 saturated carbocycles. The van der Waals surface area contributed by atoms with Gasteiger partial charge in [0.05, 0.1) is 11.3 Å². The first-order valence-corrected chi connectivity index (χ1v) is 12.9. The normalized spacial score (nSPS) is 10.9. The van der Waals surface area contributed by atoms with Gasteiger partial charge in [-0.25, -0.2) is 0 Å². The number of nitrogens with one attached hydrogen (secondary N) is 2. The predicted molar refractivity (Wildman–Crippen MR) is 148 cm³/mol. The highest BCUT2D eigenvalue weighted by molar-refractivity contribution is 7.99. The fraction of sp³-hybridized carbons (Fsp3) is 0.0667. The SMILES string of the molecule is O=C(NCCSc1c(-c2ccc(Cl)cc2)[nH]c2ccccc12)c1ccccc1C(=O)c1ccccc1. The number of aromatic nitrogens is 1. The molecule has 0 aliphatic heterocycles. The molecule has 0 radical (unpaired) electrons. The van der Waals surface area contributed by atoms with E-state index >= 15 is 0 Å². The summed E-state index contributed by atoms with van der Waals surface area (Å²) in [7, 11) is 0. The Bertz CT molecular complexity index is 1530. The Morgan fingerprint density at radius 1 is 0.778 bits per heavy atom. The van der Waals surface area contributed by atoms with Gasteiger partial charge in [-0.05, 0) is 29.8 Å². The van der Waals surface area contributed by atoms with Gasteiger partial charge in [0.25, 0.3) is 5.91 Å². The second kappa shape index (κ2) is 10.9. The summed E-state index contributed by atoms with van der Waals surface area (Å²) in [4.78, 5) is 30.6. The van der Waals surface area contributed by atoms with E-state index in [1.54, 1.807) is 48.2 Å². The van der Waals surface area contributed by atoms with Crippen molar-refractivity contribution < 1.29 is 9.59 Å². The maximum absolute atomic E-state index is 13.0. The first-order chi connectivity index (χ1) is 17.6. The number of rotatable bonds is 8. The summed E-state index contributed by atoms with van der Waals surface area (Å²) in [5.41, 5.74) is 4.48. The smallest absolute Gasteiger partial charge is 0.252 e. The van der Waals surface area contributed by atoms with Crippen LogP contribution < -0.4 is 5.32 Å². The van der Waals surface area contributed by atoms with E-state index in [-0.39, 0.29) is 11.7 Å². The van der Waals surface area contributed by atoms with Gasteiger partial charge < -0.3 is 10.3 Å². The number of hydrogen-bond donors (Lipinski definition) is 2. The molecular weight excluding hydrogens is 488 g/mol. The highest BCUT2D eigenvalue weighted by atomic mass is 35.5. The molecule has 0 saturated heterocycles. The number of benzene rings is 4. The van der Waals surface area contributed by atoms with Crippen LogP contribution in [0.2, 0.25) is 5.02 Å². The van der Waals surface area contributed by atoms with Gasteiger partial charge in [-0.15, -0.1) is 11.8 Å². The molecule has 4 aromatic carbocycles. The molecule has 0 atom stereocenters. The summed E-state index contributed by atoms with van der Waals surface area (Å²) in [5.74, 6) is 0.248. The van der Waals surface area contributed by atoms with Crippen molar-refractivity contribution in [2.75, 3.05) is 12.3 Å². The monoisotopic (exact) mass is 510 g/mol. The Morgan fingerprint density at radius 2 is 1.44 bits per heavy atom. The standard InChI is InChI=1S/C30H23ClN2O2S/c31-22-16-14-20(15-17-22)27-29(25-12-6-7-13-26(25)33-27)36-19-18-32-30(35)24-11-5-4-10-23(24)28(34)21-8-2-1-3-9-21/h1-17,33H,18-19H2,(H,32,35). The molecule has 2 N–H and O–H groups in total. The van der Waals surface area contributed by atoms with Crippen molar-refractivity contribution in [2.24, 2.45) is 0 Å². The topological polar surface area (TPSA) is 62.0 Å². The van der Waals surface area contributed by atoms with Gasteiger partial charge in [0.2, 0.25) is 0 Å². The average molecular weight is 511 g/mol. The van der Waals surface area contributed by atoms with Gasteiger partial charge in [0.1, 0.15) is 0 Å². The van der Waals surface area contributed by atoms with Crippen LogP contribution in [0.4, 0.5) is 0 Å². The second-order valence-corrected chi connectivity index (χ2v) is 9.77. The number of fused-ring (bicyclic) bond motifs is 1. The highest BCUT2D eigenvalue weighted by Gasteiger charge is 2.18. The Hall–Kier alpha value is -3.80. The first-order valence-electron chi connectivity index (χ1n) is 11.6. The van der Waals surface area contributed by atoms with Crippen LogP contribution >= 0.6 is 23.4 Å². The minimum absolute atomic E-state index is 0.165. The number of H-pyrrole nitrogens is 1. The van der Waals surface area contributed by atoms with Crippen LogP contribution in [0.15, 0.2) is 108 Å². The molecule has 1 aromatic heterocycles. The Balaban J connectivity index is 1.30. The molecule has 5 rings (SSSR count). The number of amides is 1. The van der Waals surface area contributed by atoms with Gasteiger partial charge in [-0.3, -0.25) is 9.59 Å². The zero-order valence-electron chi connectivity index (χ0n) is 19.3. The molecule has 0 unspecified atom stereocenters. The van der Waals surface area contributed by atoms with Crippen LogP contribution in [0.25, 0.3) is 22.2 Å². The highest BCUT2D eigenvalue weighted by Crippen LogP contribution is 2.37. The molecule has 0 bridgehead atoms. The van der Waals surface area contributed by atoms with Gasteiger partial charge in [-0.2, -0.15) is 0 Å². The van der Waals surface area contributed by atoms with Crippen LogP contribution in [0.1, 0.15) is 26.3 Å². The van der Waals surface area contributed by atoms with Crippen LogP contribution in [-0.2, 0) is 0 Å². The largest absolute Gasteiger partial charge is 0.354 e. The summed E-state index contributed by atoms with van der Waals surface area (Å²) in [6.07, 6.45) is 0. The molecule has 0 fully saturated rings. The van der Waals surface area contributed by atoms with Crippen molar-refractivity contribution in [1.29, 1.82) is 0 Å². The van der Waals surface area contributed by atoms with Gasteiger partial charge in [-0.1, -0.05) is 90.5 Å². The Kier molecular flexibility index (Phi) is 7.21. The van der Waals surface area contributed by atoms with E-state index in [0.29, 0.717) is 34.0 Å². The molecule has 4 nitrogen and oxygen atoms in total. The molecule has 1 heterocycles. The van der Waals surface area contributed by atoms with Gasteiger partial charge in [0.15, 0.2) is 5.78 Å². The molecule has 36 heavy (non-hydrogen) atoms. The molecule has 0 aliphatic rings. The van der Waals surface area contributed by atoms with Crippen molar-refractivity contribution in [3.63, 3.8) is 0 Å². The van der Waals surface area contributed by atoms with E-state index in [1.807, 2.05) is 54.6 Å². The molecule has 0 spiro atoms. The number of carbonyl (C=O) groups excluding carboxylic acids is 2. The van der Waals surface area contributed by atoms with Crippen LogP contribution in [0.5, 0.6) is 0 Å². The van der Waals surface area contributed by atoms with Gasteiger partial charge in [0, 0.05) is 44.2 Å². The maximum Gasteiger partial charge on any atom is 0.252 e. The molecule has 178 valence electrons. The Morgan fingerprint density at radius 3 is 2.22 bits per heavy atom. The zero-order chi connectivity index (χ0) is 24.9. The minimum atomic E-state index is -0.257. The molecule has 1 amide bonds. The lowest BCUT2D eigenvalue weighted by Gasteiger charge is -2.10. The molecule has 6 heteroatoms. The number of para-hydroxylation sites is 1. The van der Waals surface area contributed by atoms with Crippen molar-refractivity contribution in [1.82, 2.24) is 10.3 Å². The molecule has 0 aliphatic carbocycles. The minimum Gasteiger partial charge on any atom is -0.354 e. The second-order valence-electron chi connectivity index (χ2n) is 8.23. The summed E-state index contributed by atoms with van der Waals surface area (Å²) in [6.45, 7) is 0.455. The number of halogens is 1. The summed E-state index contributed by atoms with van der Waals surface area (Å²) in [5, 5.41) is 4.81. The number of ketones is 1. The maximum atomic E-state index is 13.0. The van der Waals surface area contributed by atoms with Crippen molar-refractivity contribution in [3.05, 3.63) is 125 Å². The third-order valence-corrected chi connectivity index (χ3v) is 7.25. The molecular formula is C30H23ClN2O2S. The van der Waals surface area contributed by atoms with Crippen LogP contribution in [0.3, 0.4) is 0 Å². The first kappa shape index (κ1) is 23.9. The summed E-state index contributed by atoms with van der Waals surface area (Å²) >= 11 is 7.77. The average Bonchev–Trinajstić information content (AvgIpc) is 3.30. The predicted octanol–water partition coefficient (Wildman–Crippen LogP) is 7.24. The fourth-order valence-corrected chi connectivity index (χ4v) is 5.30. The van der Waals surface area contributed by atoms with Crippen LogP contribution in [-0.4, -0.2) is 29.0 Å². The number of carbonyl (C=O) groups is 2. The van der Waals surface area contributed by atoms with Crippen molar-refractivity contribution >= 4 is 46.0 Å². The van der Waals surface area contributed by atoms with E-state index in [0.717, 1.165) is 27.1 Å². The zero-order valence-corrected chi connectivity index (χ0v) is 20.9. The van der Waals surface area contributed by atoms with E-state index in [1.165, 1.54) is 0 Å². The third kappa shape index (κ3) is 5.08. The lowest BCUT2D eigenvalue weighted by Crippen LogP contribution is -2.27. The van der Waals surface area contributed by atoms with E-state index in [2.05, 4.69) is 22.4 Å². The quantitative estimate of drug-likeness (QED) is 0.131. The van der Waals surface area contributed by atoms with E-state index in [9.17, 15) is 9.59 Å². The van der Waals surface area contributed by atoms with Crippen molar-refractivity contribution in [2.45, 2.75) is 4.90 Å². The van der Waals surface area contributed by atoms with Crippen LogP contribution in [0, 0.1) is 0 Å². The number of thioether (sulfide) groups is 1. The third-order valence-electron chi connectivity index (χ3n) is 5.88. The number of aromatic amines is 1. The van der Waals surface area contributed by atoms with E-state index in [4.69, 9.17) is 11.6 Å². The Labute approximate surface area is 218 Å². The lowest BCUT2D eigenvalue weighted by molar-refractivity contribution is 0.0944. The van der Waals surface area contributed by atoms with E-state index < -0.39 is 0 Å². The lowest BCUT2D eigenvalue weighted by atomic mass is 9.98. The van der Waals surface area contributed by atoms with Crippen molar-refractivity contribution in [3.8, 4) is 11.3 Å². The summed E-state index contributed by atoms with van der Waals surface area (Å²) in [6, 6.07) is 31.9. The number of hydrogen-bond acceptors (Lipinski definition) is 3.